The van der Waals surface area contributed by atoms with E-state index < -0.39 is 0 Å². The summed E-state index contributed by atoms with van der Waals surface area (Å²) >= 11 is 6.13. The highest BCUT2D eigenvalue weighted by atomic mass is 35.5. The highest BCUT2D eigenvalue weighted by Crippen LogP contribution is 2.35. The average Bonchev–Trinajstić information content (AvgIpc) is 2.77. The minimum Gasteiger partial charge on any atom is -0.491 e. The minimum absolute atomic E-state index is 0.451. The minimum atomic E-state index is 0.451. The summed E-state index contributed by atoms with van der Waals surface area (Å²) in [6.07, 6.45) is 6.85. The molecule has 4 heteroatoms. The number of rotatable bonds is 6. The van der Waals surface area contributed by atoms with E-state index in [1.165, 1.54) is 49.0 Å². The zero-order chi connectivity index (χ0) is 23.5. The van der Waals surface area contributed by atoms with Crippen molar-refractivity contribution >= 4 is 17.3 Å². The van der Waals surface area contributed by atoms with E-state index >= 15 is 0 Å². The molecule has 4 rings (SSSR count). The van der Waals surface area contributed by atoms with Crippen LogP contribution in [0.5, 0.6) is 5.75 Å². The molecule has 1 aliphatic carbocycles. The largest absolute Gasteiger partial charge is 0.491 e. The Balaban J connectivity index is 0.000000340. The molecule has 0 saturated carbocycles. The Bertz CT molecular complexity index is 845. The Morgan fingerprint density at radius 2 is 1.88 bits per heavy atom. The predicted octanol–water partition coefficient (Wildman–Crippen LogP) is 7.12. The van der Waals surface area contributed by atoms with Gasteiger partial charge in [0.25, 0.3) is 0 Å². The van der Waals surface area contributed by atoms with Crippen LogP contribution in [-0.2, 0) is 6.42 Å². The van der Waals surface area contributed by atoms with E-state index in [9.17, 15) is 0 Å². The van der Waals surface area contributed by atoms with Gasteiger partial charge in [-0.2, -0.15) is 0 Å². The average molecular weight is 457 g/mol. The fourth-order valence-corrected chi connectivity index (χ4v) is 4.29. The van der Waals surface area contributed by atoms with Crippen LogP contribution in [0.3, 0.4) is 0 Å². The Morgan fingerprint density at radius 1 is 1.12 bits per heavy atom. The third-order valence-electron chi connectivity index (χ3n) is 5.92. The number of benzene rings is 2. The monoisotopic (exact) mass is 456 g/mol. The number of likely N-dealkylation sites (tertiary alicyclic amines) is 1. The molecule has 1 aliphatic heterocycles. The van der Waals surface area contributed by atoms with Crippen LogP contribution < -0.4 is 9.64 Å². The molecule has 32 heavy (non-hydrogen) atoms. The number of halogens is 1. The molecule has 1 saturated heterocycles. The molecule has 0 radical (unpaired) electrons. The van der Waals surface area contributed by atoms with Crippen molar-refractivity contribution in [2.24, 2.45) is 0 Å². The van der Waals surface area contributed by atoms with Crippen LogP contribution in [0.25, 0.3) is 0 Å². The highest BCUT2D eigenvalue weighted by molar-refractivity contribution is 6.30. The standard InChI is InChI=1S/C20H24ClNO.C6H11N.C2H6/c1-14-7-10-20(19(11-14)22(2)3)23-13-16-6-4-5-15-12-17(21)8-9-18(15)16;1-2-4-7-5-3-6-7;1-2/h7-12,16H,4-6,13H2,1-3H3;2H,1,3-6H2;1-2H3. The quantitative estimate of drug-likeness (QED) is 0.430. The summed E-state index contributed by atoms with van der Waals surface area (Å²) in [5.41, 5.74) is 5.17. The molecular weight excluding hydrogens is 416 g/mol. The van der Waals surface area contributed by atoms with Crippen LogP contribution in [0.2, 0.25) is 5.02 Å². The number of ether oxygens (including phenoxy) is 1. The van der Waals surface area contributed by atoms with Crippen molar-refractivity contribution in [1.82, 2.24) is 4.90 Å². The molecule has 1 fully saturated rings. The molecule has 0 amide bonds. The maximum absolute atomic E-state index is 6.21. The fraction of sp³-hybridized carbons (Fsp3) is 0.500. The number of aryl methyl sites for hydroxylation is 2. The fourth-order valence-electron chi connectivity index (χ4n) is 4.09. The predicted molar refractivity (Wildman–Crippen MR) is 141 cm³/mol. The van der Waals surface area contributed by atoms with Crippen LogP contribution in [0.1, 0.15) is 55.7 Å². The second-order valence-electron chi connectivity index (χ2n) is 8.55. The lowest BCUT2D eigenvalue weighted by Crippen LogP contribution is -2.36. The van der Waals surface area contributed by atoms with Gasteiger partial charge in [0.2, 0.25) is 0 Å². The molecule has 0 spiro atoms. The Morgan fingerprint density at radius 3 is 2.47 bits per heavy atom. The number of nitrogens with zero attached hydrogens (tertiary/aromatic N) is 2. The van der Waals surface area contributed by atoms with Gasteiger partial charge in [0.05, 0.1) is 12.3 Å². The zero-order valence-corrected chi connectivity index (χ0v) is 21.4. The van der Waals surface area contributed by atoms with E-state index in [1.54, 1.807) is 0 Å². The molecule has 1 heterocycles. The third-order valence-corrected chi connectivity index (χ3v) is 6.15. The van der Waals surface area contributed by atoms with Crippen molar-refractivity contribution in [3.05, 3.63) is 70.8 Å². The third kappa shape index (κ3) is 7.56. The van der Waals surface area contributed by atoms with Crippen LogP contribution in [0.15, 0.2) is 49.1 Å². The SMILES string of the molecule is C=CCN1CCC1.CC.Cc1ccc(OCC2CCCc3cc(Cl)ccc32)c(N(C)C)c1. The van der Waals surface area contributed by atoms with E-state index in [2.05, 4.69) is 67.7 Å². The summed E-state index contributed by atoms with van der Waals surface area (Å²) in [5, 5.41) is 0.832. The summed E-state index contributed by atoms with van der Waals surface area (Å²) in [6, 6.07) is 12.6. The summed E-state index contributed by atoms with van der Waals surface area (Å²) in [4.78, 5) is 4.48. The van der Waals surface area contributed by atoms with Gasteiger partial charge in [0.1, 0.15) is 5.75 Å². The van der Waals surface area contributed by atoms with E-state index in [4.69, 9.17) is 16.3 Å². The van der Waals surface area contributed by atoms with Gasteiger partial charge >= 0.3 is 0 Å². The zero-order valence-electron chi connectivity index (χ0n) is 20.7. The second kappa shape index (κ2) is 13.5. The van der Waals surface area contributed by atoms with Gasteiger partial charge in [-0.25, -0.2) is 0 Å². The van der Waals surface area contributed by atoms with Crippen molar-refractivity contribution in [2.75, 3.05) is 45.2 Å². The summed E-state index contributed by atoms with van der Waals surface area (Å²) in [6.45, 7) is 14.1. The highest BCUT2D eigenvalue weighted by Gasteiger charge is 2.21. The van der Waals surface area contributed by atoms with Crippen molar-refractivity contribution in [3.63, 3.8) is 0 Å². The molecule has 176 valence electrons. The van der Waals surface area contributed by atoms with Crippen LogP contribution in [0.4, 0.5) is 5.69 Å². The summed E-state index contributed by atoms with van der Waals surface area (Å²) in [5.74, 6) is 1.41. The molecule has 0 N–H and O–H groups in total. The van der Waals surface area contributed by atoms with E-state index in [0.717, 1.165) is 36.0 Å². The van der Waals surface area contributed by atoms with Gasteiger partial charge in [-0.3, -0.25) is 4.90 Å². The smallest absolute Gasteiger partial charge is 0.142 e. The lowest BCUT2D eigenvalue weighted by molar-refractivity contribution is 0.203. The molecule has 0 aromatic heterocycles. The summed E-state index contributed by atoms with van der Waals surface area (Å²) in [7, 11) is 4.11. The molecule has 0 bridgehead atoms. The van der Waals surface area contributed by atoms with Crippen molar-refractivity contribution in [3.8, 4) is 5.75 Å². The first-order chi connectivity index (χ1) is 15.5. The lowest BCUT2D eigenvalue weighted by Gasteiger charge is -2.28. The van der Waals surface area contributed by atoms with Crippen LogP contribution >= 0.6 is 11.6 Å². The number of hydrogen-bond acceptors (Lipinski definition) is 3. The lowest BCUT2D eigenvalue weighted by atomic mass is 9.83. The van der Waals surface area contributed by atoms with Crippen molar-refractivity contribution in [1.29, 1.82) is 0 Å². The van der Waals surface area contributed by atoms with E-state index in [1.807, 2.05) is 26.0 Å². The molecular formula is C28H41ClN2O. The first kappa shape index (κ1) is 26.3. The Labute approximate surface area is 201 Å². The normalized spacial score (nSPS) is 16.9. The summed E-state index contributed by atoms with van der Waals surface area (Å²) < 4.78 is 6.21. The Kier molecular flexibility index (Phi) is 11.1. The van der Waals surface area contributed by atoms with Crippen LogP contribution in [0, 0.1) is 6.92 Å². The van der Waals surface area contributed by atoms with Gasteiger partial charge < -0.3 is 9.64 Å². The van der Waals surface area contributed by atoms with Crippen LogP contribution in [-0.4, -0.2) is 45.2 Å². The molecule has 2 aromatic rings. The number of hydrogen-bond donors (Lipinski definition) is 0. The number of anilines is 1. The van der Waals surface area contributed by atoms with Gasteiger partial charge in [-0.1, -0.05) is 43.7 Å². The van der Waals surface area contributed by atoms with E-state index in [-0.39, 0.29) is 0 Å². The Hall–Kier alpha value is -1.97. The number of fused-ring (bicyclic) bond motifs is 1. The van der Waals surface area contributed by atoms with E-state index in [0.29, 0.717) is 5.92 Å². The first-order valence-corrected chi connectivity index (χ1v) is 12.4. The van der Waals surface area contributed by atoms with Gasteiger partial charge in [0, 0.05) is 31.6 Å². The second-order valence-corrected chi connectivity index (χ2v) is 8.99. The molecule has 2 aromatic carbocycles. The molecule has 2 aliphatic rings. The topological polar surface area (TPSA) is 15.7 Å². The maximum atomic E-state index is 6.21. The van der Waals surface area contributed by atoms with Gasteiger partial charge in [-0.15, -0.1) is 6.58 Å². The molecule has 3 nitrogen and oxygen atoms in total. The van der Waals surface area contributed by atoms with Crippen molar-refractivity contribution < 1.29 is 4.74 Å². The van der Waals surface area contributed by atoms with Gasteiger partial charge in [0.15, 0.2) is 0 Å². The first-order valence-electron chi connectivity index (χ1n) is 12.0. The maximum Gasteiger partial charge on any atom is 0.142 e. The van der Waals surface area contributed by atoms with Crippen molar-refractivity contribution in [2.45, 2.75) is 52.4 Å². The van der Waals surface area contributed by atoms with Gasteiger partial charge in [-0.05, 0) is 86.7 Å². The molecule has 1 atom stereocenters. The molecule has 1 unspecified atom stereocenters.